The molecule has 119 heavy (non-hydrogen) atoms. The first-order valence-corrected chi connectivity index (χ1v) is 44.4. The van der Waals surface area contributed by atoms with Gasteiger partial charge in [0.2, 0.25) is 29.5 Å². The van der Waals surface area contributed by atoms with Crippen molar-refractivity contribution in [2.75, 3.05) is 62.4 Å². The second-order valence-corrected chi connectivity index (χ2v) is 34.1. The third kappa shape index (κ3) is 29.5. The zero-order valence-corrected chi connectivity index (χ0v) is 68.4. The average molecular weight is 1770 g/mol. The maximum absolute atomic E-state index is 13.5. The first-order chi connectivity index (χ1) is 56.6. The van der Waals surface area contributed by atoms with E-state index in [9.17, 15) is 86.4 Å². The number of carboxylic acid groups (broad SMARTS) is 4. The predicted molar refractivity (Wildman–Crippen MR) is 430 cm³/mol. The van der Waals surface area contributed by atoms with Crippen molar-refractivity contribution in [3.63, 3.8) is 0 Å². The van der Waals surface area contributed by atoms with E-state index in [2.05, 4.69) is 84.8 Å². The van der Waals surface area contributed by atoms with E-state index in [0.29, 0.717) is 50.6 Å². The van der Waals surface area contributed by atoms with E-state index in [1.165, 1.54) is 32.4 Å². The number of aromatic nitrogens is 3. The third-order valence-electron chi connectivity index (χ3n) is 18.2. The van der Waals surface area contributed by atoms with E-state index in [1.54, 1.807) is 0 Å². The van der Waals surface area contributed by atoms with Crippen LogP contribution in [0, 0.1) is 11.8 Å². The van der Waals surface area contributed by atoms with E-state index in [0.717, 1.165) is 50.8 Å². The van der Waals surface area contributed by atoms with Gasteiger partial charge in [0.25, 0.3) is 0 Å². The number of hydrogen-bond donors (Lipinski definition) is 18. The maximum Gasteiger partial charge on any atom is 0.490 e. The fourth-order valence-electron chi connectivity index (χ4n) is 12.7. The second kappa shape index (κ2) is 45.4. The van der Waals surface area contributed by atoms with Crippen molar-refractivity contribution in [2.45, 2.75) is 131 Å². The number of ether oxygens (including phenoxy) is 3. The second-order valence-electron chi connectivity index (χ2n) is 26.7. The molecule has 3 aliphatic rings. The lowest BCUT2D eigenvalue weighted by molar-refractivity contribution is -0.147. The van der Waals surface area contributed by atoms with Gasteiger partial charge in [-0.3, -0.25) is 38.1 Å². The van der Waals surface area contributed by atoms with Gasteiger partial charge in [0.15, 0.2) is 0 Å². The number of alkyl carbamates (subject to hydrolysis) is 2. The lowest BCUT2D eigenvalue weighted by Gasteiger charge is -2.19. The Balaban J connectivity index is 0.000000368. The van der Waals surface area contributed by atoms with Gasteiger partial charge in [-0.25, -0.2) is 42.8 Å². The molecule has 0 saturated carbocycles. The minimum Gasteiger partial charge on any atom is -0.481 e. The number of carboxylic acids is 4. The Kier molecular flexibility index (Phi) is 36.1. The summed E-state index contributed by atoms with van der Waals surface area (Å²) in [6, 6.07) is 26.6. The Morgan fingerprint density at radius 3 is 1.53 bits per heavy atom. The van der Waals surface area contributed by atoms with Crippen molar-refractivity contribution in [3.8, 4) is 34.1 Å². The van der Waals surface area contributed by atoms with Crippen LogP contribution in [0.4, 0.5) is 15.4 Å². The number of carbonyl (C=O) groups is 11. The molecule has 1 aliphatic heterocycles. The summed E-state index contributed by atoms with van der Waals surface area (Å²) < 4.78 is 65.3. The number of nitrogens with one attached hydrogen (secondary N) is 7. The zero-order valence-electron chi connectivity index (χ0n) is 63.2. The van der Waals surface area contributed by atoms with Crippen LogP contribution in [-0.4, -0.2) is 218 Å². The summed E-state index contributed by atoms with van der Waals surface area (Å²) in [7, 11) is -14.4. The molecule has 2 aromatic heterocycles. The number of rotatable bonds is 44. The summed E-state index contributed by atoms with van der Waals surface area (Å²) in [5.74, 6) is -2.25. The van der Waals surface area contributed by atoms with Crippen LogP contribution in [-0.2, 0) is 84.2 Å². The number of anilines is 1. The normalized spacial score (nSPS) is 16.5. The molecule has 9 rings (SSSR count). The number of amides is 7. The van der Waals surface area contributed by atoms with Gasteiger partial charge in [-0.05, 0) is 70.2 Å². The highest BCUT2D eigenvalue weighted by Crippen LogP contribution is 2.66. The highest BCUT2D eigenvalue weighted by atomic mass is 33.1. The number of carbonyl (C=O) groups excluding carboxylic acids is 7. The van der Waals surface area contributed by atoms with Crippen LogP contribution < -0.4 is 43.0 Å². The van der Waals surface area contributed by atoms with E-state index in [4.69, 9.17) is 45.1 Å². The molecule has 0 spiro atoms. The van der Waals surface area contributed by atoms with E-state index >= 15 is 0 Å². The maximum atomic E-state index is 13.5. The van der Waals surface area contributed by atoms with Crippen molar-refractivity contribution in [3.05, 3.63) is 137 Å². The number of nitrogens with two attached hydrogens (primary N) is 1. The summed E-state index contributed by atoms with van der Waals surface area (Å²) in [5.41, 5.74) is 15.1. The van der Waals surface area contributed by atoms with Crippen molar-refractivity contribution < 1.29 is 139 Å². The van der Waals surface area contributed by atoms with Gasteiger partial charge in [0.05, 0.1) is 43.0 Å². The highest BCUT2D eigenvalue weighted by molar-refractivity contribution is 8.76. The Hall–Kier alpha value is -9.99. The zero-order chi connectivity index (χ0) is 86.6. The summed E-state index contributed by atoms with van der Waals surface area (Å²) in [6.45, 7) is -0.430. The minimum absolute atomic E-state index is 0.00130. The van der Waals surface area contributed by atoms with E-state index in [-0.39, 0.29) is 104 Å². The predicted octanol–water partition coefficient (Wildman–Crippen LogP) is 5.42. The van der Waals surface area contributed by atoms with Crippen LogP contribution >= 0.6 is 57.7 Å². The van der Waals surface area contributed by atoms with Gasteiger partial charge >= 0.3 is 59.5 Å². The largest absolute Gasteiger partial charge is 0.490 e. The van der Waals surface area contributed by atoms with Gasteiger partial charge in [-0.1, -0.05) is 143 Å². The fourth-order valence-corrected chi connectivity index (χ4v) is 18.1. The van der Waals surface area contributed by atoms with Crippen LogP contribution in [0.2, 0.25) is 0 Å². The molecular formula is C73H88N11O29P3S3. The SMILES string of the molecule is Nc1ncnc2c1c(C#CCNC(=O)CCSSCC(NC(=O)OCC1c3ccccc3-c3ccccc31)C(=O)NCCCCCC(=O)NC(CC(=O)O)C(=O)O)cn2C1CC(O)C(COP(=O)(O)OP(=O)(O)OP(=O)(O)O)O1.O=C(O)CC(NC(=O)CCCCCNC(=O)C(CS)NC(=O)OCC1c2ccccc2-c2ccccc21)C(=O)O. The highest BCUT2D eigenvalue weighted by Gasteiger charge is 2.44. The molecule has 2 aliphatic carbocycles. The number of phosphoric acid groups is 3. The fraction of sp³-hybridized carbons (Fsp3) is 0.411. The molecular weight excluding hydrogens is 1680 g/mol. The molecule has 6 aromatic rings. The Bertz CT molecular complexity index is 4790. The topological polar surface area (TPSA) is 617 Å². The molecule has 46 heteroatoms. The average Bonchev–Trinajstić information content (AvgIpc) is 1.63. The number of thiol groups is 1. The molecule has 642 valence electrons. The van der Waals surface area contributed by atoms with Crippen LogP contribution in [0.15, 0.2) is 110 Å². The van der Waals surface area contributed by atoms with Gasteiger partial charge < -0.3 is 107 Å². The standard InChI is InChI=1S/C45H55N8O21P3S2.C28H33N3O8S/c46-41-40-26(21-53(42(40)50-25-49-41)38-20-34(54)35(72-38)23-71-76(66,67)74-77(68,69)73-75(63,64)65)9-8-17-47-36(55)15-18-78-79-24-33(43(59)48-16-7-1-2-14-37(56)51-32(44(60)61)19-39(57)58)52-45(62)70-22-31-29-12-5-3-10-27(29)28-11-4-6-13-30(28)31;32-24(30-22(27(36)37)14-25(33)34)12-2-1-7-13-29-26(35)23(16-40)31-28(38)39-15-21-19-10-5-3-8-17(19)18-9-4-6-11-20(18)21/h3-6,10-13,21,25,31-35,38,54H,1-2,7,14-20,22-24H2,(H,47,55)(H,48,59)(H,51,56)(H,52,62)(H,57,58)(H,60,61)(H,66,67)(H,68,69)(H2,46,49,50)(H2,63,64,65);3-6,8-11,21-23,40H,1-2,7,12-16H2,(H,29,35)(H,30,32)(H,31,38)(H,33,34)(H,36,37). The van der Waals surface area contributed by atoms with Crippen LogP contribution in [0.3, 0.4) is 0 Å². The summed E-state index contributed by atoms with van der Waals surface area (Å²) in [4.78, 5) is 178. The molecule has 0 radical (unpaired) electrons. The Labute approximate surface area is 692 Å². The third-order valence-corrected chi connectivity index (χ3v) is 24.8. The monoisotopic (exact) mass is 1770 g/mol. The lowest BCUT2D eigenvalue weighted by atomic mass is 9.98. The van der Waals surface area contributed by atoms with Crippen molar-refractivity contribution in [1.29, 1.82) is 0 Å². The number of nitrogen functional groups attached to an aromatic ring is 1. The summed E-state index contributed by atoms with van der Waals surface area (Å²) >= 11 is 4.17. The van der Waals surface area contributed by atoms with Crippen molar-refractivity contribution in [1.82, 2.24) is 51.8 Å². The first kappa shape index (κ1) is 94.5. The number of phosphoric ester groups is 1. The molecule has 7 amide bonds. The number of aliphatic carboxylic acids is 4. The molecule has 0 bridgehead atoms. The first-order valence-electron chi connectivity index (χ1n) is 36.7. The number of fused-ring (bicyclic) bond motifs is 7. The van der Waals surface area contributed by atoms with Gasteiger partial charge in [-0.15, -0.1) is 0 Å². The molecule has 18 N–H and O–H groups in total. The Morgan fingerprint density at radius 1 is 0.580 bits per heavy atom. The molecule has 4 aromatic carbocycles. The molecule has 9 atom stereocenters. The molecule has 1 fully saturated rings. The van der Waals surface area contributed by atoms with Crippen molar-refractivity contribution in [2.24, 2.45) is 0 Å². The molecule has 1 saturated heterocycles. The van der Waals surface area contributed by atoms with Gasteiger partial charge in [0, 0.05) is 74.1 Å². The van der Waals surface area contributed by atoms with E-state index in [1.807, 2.05) is 97.1 Å². The quantitative estimate of drug-likeness (QED) is 0.00746. The molecule has 9 unspecified atom stereocenters. The lowest BCUT2D eigenvalue weighted by Crippen LogP contribution is -2.48. The van der Waals surface area contributed by atoms with Crippen LogP contribution in [0.5, 0.6) is 0 Å². The smallest absolute Gasteiger partial charge is 0.481 e. The number of hydrogen-bond acceptors (Lipinski definition) is 27. The Morgan fingerprint density at radius 2 is 1.06 bits per heavy atom. The summed E-state index contributed by atoms with van der Waals surface area (Å²) in [5, 5.41) is 64.5. The van der Waals surface area contributed by atoms with Crippen LogP contribution in [0.1, 0.15) is 123 Å². The summed E-state index contributed by atoms with van der Waals surface area (Å²) in [6.07, 6.45) is -1.51. The van der Waals surface area contributed by atoms with Crippen molar-refractivity contribution >= 4 is 140 Å². The van der Waals surface area contributed by atoms with Gasteiger partial charge in [-0.2, -0.15) is 21.3 Å². The molecule has 3 heterocycles. The minimum atomic E-state index is -5.78. The number of benzene rings is 4. The number of unbranched alkanes of at least 4 members (excludes halogenated alkanes) is 4. The number of aliphatic hydroxyl groups excluding tert-OH is 1. The van der Waals surface area contributed by atoms with Gasteiger partial charge in [0.1, 0.15) is 67.5 Å². The van der Waals surface area contributed by atoms with E-state index < -0.39 is 145 Å². The molecule has 40 nitrogen and oxygen atoms in total. The number of nitrogens with zero attached hydrogens (tertiary/aromatic N) is 3. The van der Waals surface area contributed by atoms with Crippen LogP contribution in [0.25, 0.3) is 33.3 Å². The number of aliphatic hydroxyl groups is 1.